The molecule has 1 fully saturated rings. The second-order valence-corrected chi connectivity index (χ2v) is 10.2. The molecule has 1 aliphatic rings. The van der Waals surface area contributed by atoms with Gasteiger partial charge in [0.05, 0.1) is 29.4 Å². The molecule has 1 saturated heterocycles. The number of aromatic nitrogens is 3. The van der Waals surface area contributed by atoms with Gasteiger partial charge >= 0.3 is 0 Å². The summed E-state index contributed by atoms with van der Waals surface area (Å²) in [5, 5.41) is 5.69. The quantitative estimate of drug-likeness (QED) is 0.253. The maximum atomic E-state index is 12.3. The fraction of sp³-hybridized carbons (Fsp3) is 0.308. The lowest BCUT2D eigenvalue weighted by Crippen LogP contribution is -2.43. The molecule has 4 aromatic rings. The minimum absolute atomic E-state index is 0.155. The Bertz CT molecular complexity index is 1390. The minimum Gasteiger partial charge on any atom is -0.493 e. The number of nitrogens with zero attached hydrogens (tertiary/aromatic N) is 4. The Morgan fingerprint density at radius 1 is 1.21 bits per heavy atom. The molecule has 0 spiro atoms. The van der Waals surface area contributed by atoms with E-state index in [1.807, 2.05) is 18.2 Å². The summed E-state index contributed by atoms with van der Waals surface area (Å²) in [6, 6.07) is 9.30. The van der Waals surface area contributed by atoms with Crippen LogP contribution in [0.3, 0.4) is 0 Å². The third kappa shape index (κ3) is 6.63. The molecule has 5 rings (SSSR count). The van der Waals surface area contributed by atoms with Gasteiger partial charge in [0.15, 0.2) is 11.3 Å². The molecular formula is C26H26BrN5O5S. The normalized spacial score (nSPS) is 15.9. The van der Waals surface area contributed by atoms with Crippen LogP contribution in [0.1, 0.15) is 16.2 Å². The number of methoxy groups -OCH3 is 1. The van der Waals surface area contributed by atoms with Crippen molar-refractivity contribution in [3.8, 4) is 17.2 Å². The van der Waals surface area contributed by atoms with E-state index in [0.29, 0.717) is 40.0 Å². The SMILES string of the molecule is COC1CN(CCCOc2ccc3c(Oc4cnc(NC(=O)c5nccs5)c(Br)c4)ccnc3c2)CCO1. The molecule has 1 aliphatic heterocycles. The number of ether oxygens (including phenoxy) is 4. The first kappa shape index (κ1) is 26.4. The van der Waals surface area contributed by atoms with Crippen molar-refractivity contribution in [3.05, 3.63) is 63.8 Å². The van der Waals surface area contributed by atoms with Gasteiger partial charge in [0, 0.05) is 62.0 Å². The maximum Gasteiger partial charge on any atom is 0.285 e. The van der Waals surface area contributed by atoms with Crippen molar-refractivity contribution < 1.29 is 23.7 Å². The van der Waals surface area contributed by atoms with Gasteiger partial charge in [-0.1, -0.05) is 0 Å². The maximum absolute atomic E-state index is 12.3. The topological polar surface area (TPSA) is 108 Å². The number of pyridine rings is 2. The van der Waals surface area contributed by atoms with E-state index in [1.165, 1.54) is 11.3 Å². The molecular weight excluding hydrogens is 574 g/mol. The standard InChI is InChI=1S/C26H26BrN5O5S/c1-34-23-16-32(9-11-36-23)8-2-10-35-17-3-4-19-21(14-17)28-6-5-22(19)37-18-13-20(27)24(30-15-18)31-25(33)26-29-7-12-38-26/h3-7,12-15,23H,2,8-11,16H2,1H3,(H,30,31,33). The van der Waals surface area contributed by atoms with Gasteiger partial charge < -0.3 is 24.3 Å². The molecule has 3 aromatic heterocycles. The van der Waals surface area contributed by atoms with Crippen molar-refractivity contribution in [2.45, 2.75) is 12.7 Å². The summed E-state index contributed by atoms with van der Waals surface area (Å²) in [6.45, 7) is 3.88. The van der Waals surface area contributed by atoms with Crippen molar-refractivity contribution in [2.75, 3.05) is 45.3 Å². The predicted molar refractivity (Wildman–Crippen MR) is 147 cm³/mol. The lowest BCUT2D eigenvalue weighted by molar-refractivity contribution is -0.164. The molecule has 4 heterocycles. The number of carbonyl (C=O) groups excluding carboxylic acids is 1. The second-order valence-electron chi connectivity index (χ2n) is 8.42. The summed E-state index contributed by atoms with van der Waals surface area (Å²) in [4.78, 5) is 27.4. The molecule has 0 radical (unpaired) electrons. The zero-order valence-electron chi connectivity index (χ0n) is 20.6. The number of carbonyl (C=O) groups is 1. The van der Waals surface area contributed by atoms with Crippen LogP contribution >= 0.6 is 27.3 Å². The van der Waals surface area contributed by atoms with Gasteiger partial charge in [-0.25, -0.2) is 9.97 Å². The van der Waals surface area contributed by atoms with Crippen LogP contribution in [0, 0.1) is 0 Å². The Balaban J connectivity index is 1.18. The number of nitrogens with one attached hydrogen (secondary N) is 1. The molecule has 1 unspecified atom stereocenters. The fourth-order valence-corrected chi connectivity index (χ4v) is 4.92. The van der Waals surface area contributed by atoms with Crippen LogP contribution in [0.25, 0.3) is 10.9 Å². The zero-order valence-corrected chi connectivity index (χ0v) is 23.0. The molecule has 1 atom stereocenters. The Labute approximate surface area is 232 Å². The first-order chi connectivity index (χ1) is 18.6. The molecule has 38 heavy (non-hydrogen) atoms. The molecule has 0 bridgehead atoms. The number of benzene rings is 1. The van der Waals surface area contributed by atoms with Gasteiger partial charge in [-0.05, 0) is 40.5 Å². The van der Waals surface area contributed by atoms with Crippen molar-refractivity contribution in [3.63, 3.8) is 0 Å². The number of amides is 1. The van der Waals surface area contributed by atoms with E-state index in [0.717, 1.165) is 42.7 Å². The van der Waals surface area contributed by atoms with E-state index in [1.54, 1.807) is 43.2 Å². The van der Waals surface area contributed by atoms with Gasteiger partial charge in [0.2, 0.25) is 0 Å². The van der Waals surface area contributed by atoms with E-state index >= 15 is 0 Å². The van der Waals surface area contributed by atoms with E-state index in [2.05, 4.69) is 41.1 Å². The first-order valence-corrected chi connectivity index (χ1v) is 13.7. The number of hydrogen-bond acceptors (Lipinski definition) is 10. The van der Waals surface area contributed by atoms with Crippen molar-refractivity contribution in [1.29, 1.82) is 0 Å². The number of hydrogen-bond donors (Lipinski definition) is 1. The fourth-order valence-electron chi connectivity index (χ4n) is 3.96. The summed E-state index contributed by atoms with van der Waals surface area (Å²) in [5.41, 5.74) is 0.760. The highest BCUT2D eigenvalue weighted by Crippen LogP contribution is 2.33. The molecule has 0 aliphatic carbocycles. The van der Waals surface area contributed by atoms with Crippen molar-refractivity contribution in [2.24, 2.45) is 0 Å². The summed E-state index contributed by atoms with van der Waals surface area (Å²) >= 11 is 4.71. The average Bonchev–Trinajstić information content (AvgIpc) is 3.48. The number of thiazole rings is 1. The average molecular weight is 600 g/mol. The molecule has 198 valence electrons. The van der Waals surface area contributed by atoms with Gasteiger partial charge in [-0.15, -0.1) is 11.3 Å². The van der Waals surface area contributed by atoms with Crippen LogP contribution in [0.4, 0.5) is 5.82 Å². The van der Waals surface area contributed by atoms with Crippen molar-refractivity contribution in [1.82, 2.24) is 19.9 Å². The molecule has 10 nitrogen and oxygen atoms in total. The van der Waals surface area contributed by atoms with E-state index in [-0.39, 0.29) is 12.2 Å². The van der Waals surface area contributed by atoms with Crippen LogP contribution in [0.5, 0.6) is 17.2 Å². The third-order valence-corrected chi connectivity index (χ3v) is 7.22. The highest BCUT2D eigenvalue weighted by molar-refractivity contribution is 9.10. The third-order valence-electron chi connectivity index (χ3n) is 5.85. The van der Waals surface area contributed by atoms with E-state index < -0.39 is 0 Å². The van der Waals surface area contributed by atoms with E-state index in [9.17, 15) is 4.79 Å². The lowest BCUT2D eigenvalue weighted by Gasteiger charge is -2.31. The largest absolute Gasteiger partial charge is 0.493 e. The smallest absolute Gasteiger partial charge is 0.285 e. The summed E-state index contributed by atoms with van der Waals surface area (Å²) in [7, 11) is 1.67. The molecule has 0 saturated carbocycles. The number of halogens is 1. The van der Waals surface area contributed by atoms with E-state index in [4.69, 9.17) is 18.9 Å². The second kappa shape index (κ2) is 12.6. The highest BCUT2D eigenvalue weighted by atomic mass is 79.9. The summed E-state index contributed by atoms with van der Waals surface area (Å²) in [5.74, 6) is 1.96. The van der Waals surface area contributed by atoms with Gasteiger partial charge in [0.25, 0.3) is 5.91 Å². The van der Waals surface area contributed by atoms with Gasteiger partial charge in [-0.3, -0.25) is 14.7 Å². The highest BCUT2D eigenvalue weighted by Gasteiger charge is 2.19. The van der Waals surface area contributed by atoms with Crippen LogP contribution in [-0.2, 0) is 9.47 Å². The Morgan fingerprint density at radius 2 is 2.13 bits per heavy atom. The Morgan fingerprint density at radius 3 is 2.95 bits per heavy atom. The number of anilines is 1. The summed E-state index contributed by atoms with van der Waals surface area (Å²) in [6.07, 6.45) is 5.56. The first-order valence-electron chi connectivity index (χ1n) is 12.0. The van der Waals surface area contributed by atoms with Crippen LogP contribution in [0.15, 0.2) is 58.8 Å². The van der Waals surface area contributed by atoms with Crippen molar-refractivity contribution >= 4 is 49.9 Å². The van der Waals surface area contributed by atoms with Gasteiger partial charge in [0.1, 0.15) is 23.1 Å². The number of fused-ring (bicyclic) bond motifs is 1. The monoisotopic (exact) mass is 599 g/mol. The predicted octanol–water partition coefficient (Wildman–Crippen LogP) is 4.97. The molecule has 12 heteroatoms. The lowest BCUT2D eigenvalue weighted by atomic mass is 10.2. The van der Waals surface area contributed by atoms with Crippen LogP contribution in [-0.4, -0.2) is 72.0 Å². The van der Waals surface area contributed by atoms with Crippen LogP contribution in [0.2, 0.25) is 0 Å². The van der Waals surface area contributed by atoms with Crippen LogP contribution < -0.4 is 14.8 Å². The number of rotatable bonds is 10. The molecule has 1 amide bonds. The molecule has 1 aromatic carbocycles. The molecule has 1 N–H and O–H groups in total. The van der Waals surface area contributed by atoms with Gasteiger partial charge in [-0.2, -0.15) is 0 Å². The zero-order chi connectivity index (χ0) is 26.3. The minimum atomic E-state index is -0.319. The Kier molecular flexibility index (Phi) is 8.76. The Hall–Kier alpha value is -3.16. The number of morpholine rings is 1. The summed E-state index contributed by atoms with van der Waals surface area (Å²) < 4.78 is 23.5.